The van der Waals surface area contributed by atoms with E-state index in [1.165, 1.54) is 30.6 Å². The van der Waals surface area contributed by atoms with Crippen molar-refractivity contribution < 1.29 is 42.5 Å². The van der Waals surface area contributed by atoms with Gasteiger partial charge in [-0.05, 0) is 131 Å². The van der Waals surface area contributed by atoms with Crippen LogP contribution in [0, 0.1) is 37.5 Å². The van der Waals surface area contributed by atoms with Crippen molar-refractivity contribution >= 4 is 45.5 Å². The first-order chi connectivity index (χ1) is 32.1. The molecule has 14 heteroatoms. The molecule has 0 bridgehead atoms. The van der Waals surface area contributed by atoms with Gasteiger partial charge in [-0.25, -0.2) is 9.78 Å². The van der Waals surface area contributed by atoms with Gasteiger partial charge in [-0.1, -0.05) is 27.7 Å². The number of carboxylic acids is 1. The highest BCUT2D eigenvalue weighted by Gasteiger charge is 2.28. The predicted octanol–water partition coefficient (Wildman–Crippen LogP) is 10.4. The molecule has 2 atom stereocenters. The van der Waals surface area contributed by atoms with E-state index in [9.17, 15) is 19.5 Å². The zero-order chi connectivity index (χ0) is 47.9. The summed E-state index contributed by atoms with van der Waals surface area (Å²) < 4.78 is 29.4. The molecule has 67 heavy (non-hydrogen) atoms. The molecule has 1 aliphatic heterocycles. The van der Waals surface area contributed by atoms with Gasteiger partial charge in [-0.3, -0.25) is 9.59 Å². The van der Waals surface area contributed by atoms with Crippen molar-refractivity contribution in [3.8, 4) is 11.5 Å². The molecule has 2 saturated carbocycles. The maximum atomic E-state index is 12.7. The summed E-state index contributed by atoms with van der Waals surface area (Å²) in [6.07, 6.45) is 10.4. The van der Waals surface area contributed by atoms with Crippen molar-refractivity contribution in [1.82, 2.24) is 20.1 Å². The summed E-state index contributed by atoms with van der Waals surface area (Å²) in [7, 11) is 3.44. The van der Waals surface area contributed by atoms with Gasteiger partial charge in [0.2, 0.25) is 0 Å². The van der Waals surface area contributed by atoms with E-state index in [1.807, 2.05) is 36.4 Å². The molecule has 8 rings (SSSR count). The lowest BCUT2D eigenvalue weighted by Gasteiger charge is -2.29. The second-order valence-electron chi connectivity index (χ2n) is 18.9. The van der Waals surface area contributed by atoms with E-state index in [1.54, 1.807) is 44.3 Å². The number of nitrogens with zero attached hydrogens (tertiary/aromatic N) is 3. The second kappa shape index (κ2) is 21.5. The summed E-state index contributed by atoms with van der Waals surface area (Å²) in [4.78, 5) is 43.2. The van der Waals surface area contributed by atoms with Crippen molar-refractivity contribution in [1.29, 1.82) is 0 Å². The van der Waals surface area contributed by atoms with Crippen LogP contribution in [0.3, 0.4) is 0 Å². The van der Waals surface area contributed by atoms with Gasteiger partial charge in [0, 0.05) is 48.2 Å². The van der Waals surface area contributed by atoms with Crippen molar-refractivity contribution in [2.24, 2.45) is 23.7 Å². The molecule has 0 saturated heterocycles. The molecule has 2 fully saturated rings. The molecule has 3 aliphatic rings. The monoisotopic (exact) mass is 917 g/mol. The number of benzene rings is 2. The van der Waals surface area contributed by atoms with Gasteiger partial charge in [-0.15, -0.1) is 0 Å². The third-order valence-corrected chi connectivity index (χ3v) is 12.6. The zero-order valence-electron chi connectivity index (χ0n) is 40.4. The van der Waals surface area contributed by atoms with E-state index in [4.69, 9.17) is 23.0 Å². The molecule has 0 spiro atoms. The van der Waals surface area contributed by atoms with E-state index in [-0.39, 0.29) is 48.8 Å². The average molecular weight is 918 g/mol. The highest BCUT2D eigenvalue weighted by Crippen LogP contribution is 2.39. The summed E-state index contributed by atoms with van der Waals surface area (Å²) in [6.45, 7) is 17.2. The molecule has 3 N–H and O–H groups in total. The van der Waals surface area contributed by atoms with Gasteiger partial charge < -0.3 is 48.6 Å². The number of carbonyl (C=O) groups excluding carboxylic acids is 2. The van der Waals surface area contributed by atoms with Gasteiger partial charge in [0.1, 0.15) is 45.6 Å². The number of amides is 1. The third-order valence-electron chi connectivity index (χ3n) is 12.6. The standard InChI is InChI=1S/C29H37N3O5.C24H30N2O4/c1-6-35-26(33)13-14-32(5)29(34)24-11-9-21(16-30-24)31-27(18(2)3)28-19(4)23-15-22(10-12-25(23)37-28)36-17-20-7-8-20;1-14(2)22(25-17-7-9-20(24(27)28)26(4)12-17)23-15(3)19-11-18(8-10-21(19)30-23)29-13-16-5-6-16/h9-12,15-16,18,20,27,31H,6-8,13-14,17H2,1-5H3;7-11,14,16,22,25H,5-6,12-13H2,1-4H3,(H,27,28). The minimum Gasteiger partial charge on any atom is -0.493 e. The fourth-order valence-electron chi connectivity index (χ4n) is 8.08. The number of hydrogen-bond donors (Lipinski definition) is 3. The summed E-state index contributed by atoms with van der Waals surface area (Å²) in [5.74, 6) is 4.01. The SMILES string of the molecule is CCOC(=O)CCN(C)C(=O)c1ccc(NC(c2oc3ccc(OCC4CC4)cc3c2C)C(C)C)cn1.Cc1c(C(NC2=CC=C(C(=O)O)N(C)C2)C(C)C)oc2ccc(OCC3CC3)cc12. The number of rotatable bonds is 20. The molecule has 358 valence electrons. The first kappa shape index (κ1) is 48.5. The maximum absolute atomic E-state index is 12.7. The van der Waals surface area contributed by atoms with Crippen LogP contribution < -0.4 is 20.1 Å². The van der Waals surface area contributed by atoms with Crippen LogP contribution in [0.2, 0.25) is 0 Å². The lowest BCUT2D eigenvalue weighted by Crippen LogP contribution is -2.35. The van der Waals surface area contributed by atoms with Crippen LogP contribution in [0.1, 0.15) is 112 Å². The van der Waals surface area contributed by atoms with Gasteiger partial charge in [0.15, 0.2) is 0 Å². The molecule has 14 nitrogen and oxygen atoms in total. The molecule has 2 aliphatic carbocycles. The second-order valence-corrected chi connectivity index (χ2v) is 18.9. The van der Waals surface area contributed by atoms with Crippen LogP contribution in [0.25, 0.3) is 21.9 Å². The first-order valence-electron chi connectivity index (χ1n) is 23.7. The van der Waals surface area contributed by atoms with E-state index < -0.39 is 5.97 Å². The van der Waals surface area contributed by atoms with E-state index in [0.29, 0.717) is 36.4 Å². The number of allylic oxidation sites excluding steroid dienone is 2. The van der Waals surface area contributed by atoms with Crippen LogP contribution in [-0.2, 0) is 14.3 Å². The van der Waals surface area contributed by atoms with Crippen LogP contribution in [0.4, 0.5) is 5.69 Å². The number of ether oxygens (including phenoxy) is 3. The van der Waals surface area contributed by atoms with Crippen LogP contribution in [-0.4, -0.2) is 84.7 Å². The number of likely N-dealkylation sites (N-methyl/N-ethyl adjacent to an activating group) is 1. The Hall–Kier alpha value is -6.44. The molecule has 2 unspecified atom stereocenters. The number of fused-ring (bicyclic) bond motifs is 2. The van der Waals surface area contributed by atoms with Gasteiger partial charge in [0.05, 0.1) is 56.8 Å². The fraction of sp³-hybridized carbons (Fsp3) is 0.472. The number of carboxylic acid groups (broad SMARTS) is 1. The van der Waals surface area contributed by atoms with Crippen molar-refractivity contribution in [2.75, 3.05) is 52.3 Å². The number of pyridine rings is 1. The van der Waals surface area contributed by atoms with Crippen molar-refractivity contribution in [2.45, 2.75) is 92.7 Å². The van der Waals surface area contributed by atoms with Crippen LogP contribution >= 0.6 is 0 Å². The van der Waals surface area contributed by atoms with E-state index in [2.05, 4.69) is 69.3 Å². The summed E-state index contributed by atoms with van der Waals surface area (Å²) >= 11 is 0. The summed E-state index contributed by atoms with van der Waals surface area (Å²) in [5.41, 5.74) is 6.25. The predicted molar refractivity (Wildman–Crippen MR) is 259 cm³/mol. The Morgan fingerprint density at radius 1 is 0.821 bits per heavy atom. The van der Waals surface area contributed by atoms with E-state index in [0.717, 1.165) is 80.7 Å². The lowest BCUT2D eigenvalue weighted by molar-refractivity contribution is -0.143. The van der Waals surface area contributed by atoms with Crippen LogP contribution in [0.5, 0.6) is 11.5 Å². The quantitative estimate of drug-likeness (QED) is 0.0631. The Kier molecular flexibility index (Phi) is 15.5. The van der Waals surface area contributed by atoms with Crippen molar-refractivity contribution in [3.05, 3.63) is 107 Å². The summed E-state index contributed by atoms with van der Waals surface area (Å²) in [6, 6.07) is 15.5. The number of anilines is 1. The number of carbonyl (C=O) groups is 3. The smallest absolute Gasteiger partial charge is 0.352 e. The third kappa shape index (κ3) is 12.3. The number of aryl methyl sites for hydroxylation is 2. The van der Waals surface area contributed by atoms with Crippen LogP contribution in [0.15, 0.2) is 87.1 Å². The van der Waals surface area contributed by atoms with E-state index >= 15 is 0 Å². The van der Waals surface area contributed by atoms with Crippen molar-refractivity contribution in [3.63, 3.8) is 0 Å². The molecular weight excluding hydrogens is 851 g/mol. The minimum atomic E-state index is -0.916. The van der Waals surface area contributed by atoms with Gasteiger partial charge in [-0.2, -0.15) is 0 Å². The molecule has 1 amide bonds. The molecule has 4 heterocycles. The fourth-order valence-corrected chi connectivity index (χ4v) is 8.08. The summed E-state index contributed by atoms with van der Waals surface area (Å²) in [5, 5.41) is 18.5. The largest absolute Gasteiger partial charge is 0.493 e. The molecule has 2 aromatic carbocycles. The number of furan rings is 2. The highest BCUT2D eigenvalue weighted by atomic mass is 16.5. The zero-order valence-corrected chi connectivity index (χ0v) is 40.4. The average Bonchev–Trinajstić information content (AvgIpc) is 4.25. The maximum Gasteiger partial charge on any atom is 0.352 e. The Morgan fingerprint density at radius 2 is 1.37 bits per heavy atom. The van der Waals surface area contributed by atoms with Gasteiger partial charge >= 0.3 is 11.9 Å². The van der Waals surface area contributed by atoms with Gasteiger partial charge in [0.25, 0.3) is 5.91 Å². The molecule has 5 aromatic rings. The molecule has 0 radical (unpaired) electrons. The molecule has 3 aromatic heterocycles. The minimum absolute atomic E-state index is 0.0207. The Bertz CT molecular complexity index is 2600. The number of aliphatic carboxylic acids is 1. The topological polar surface area (TPSA) is 169 Å². The lowest BCUT2D eigenvalue weighted by atomic mass is 9.97. The number of aromatic nitrogens is 1. The number of esters is 1. The normalized spacial score (nSPS) is 15.7. The Morgan fingerprint density at radius 3 is 1.84 bits per heavy atom. The Labute approximate surface area is 393 Å². The first-order valence-corrected chi connectivity index (χ1v) is 23.7. The highest BCUT2D eigenvalue weighted by molar-refractivity contribution is 5.92. The number of nitrogens with one attached hydrogen (secondary N) is 2. The molecular formula is C53H67N5O9. The Balaban J connectivity index is 0.000000203. The number of hydrogen-bond acceptors (Lipinski definition) is 12.